The molecule has 7 nitrogen and oxygen atoms in total. The summed E-state index contributed by atoms with van der Waals surface area (Å²) in [4.78, 5) is 16.8. The first kappa shape index (κ1) is 23.8. The van der Waals surface area contributed by atoms with Crippen LogP contribution < -0.4 is 5.32 Å². The Morgan fingerprint density at radius 2 is 1.94 bits per heavy atom. The highest BCUT2D eigenvalue weighted by atomic mass is 35.5. The summed E-state index contributed by atoms with van der Waals surface area (Å²) in [5.41, 5.74) is 2.44. The number of sulfonamides is 1. The number of aromatic nitrogens is 2. The lowest BCUT2D eigenvalue weighted by Crippen LogP contribution is -2.45. The first-order valence-corrected chi connectivity index (χ1v) is 12.9. The number of imidazole rings is 1. The molecule has 0 aliphatic carbocycles. The van der Waals surface area contributed by atoms with Gasteiger partial charge in [-0.15, -0.1) is 0 Å². The number of halogens is 2. The normalized spacial score (nSPS) is 17.1. The molecule has 0 bridgehead atoms. The highest BCUT2D eigenvalue weighted by Gasteiger charge is 2.32. The highest BCUT2D eigenvalue weighted by Crippen LogP contribution is 2.26. The van der Waals surface area contributed by atoms with Gasteiger partial charge in [-0.3, -0.25) is 4.79 Å². The van der Waals surface area contributed by atoms with Crippen molar-refractivity contribution in [3.63, 3.8) is 0 Å². The summed E-state index contributed by atoms with van der Waals surface area (Å²) in [5, 5.41) is 3.71. The average molecular weight is 507 g/mol. The lowest BCUT2D eigenvalue weighted by Gasteiger charge is -2.31. The van der Waals surface area contributed by atoms with Crippen molar-refractivity contribution in [2.45, 2.75) is 25.1 Å². The van der Waals surface area contributed by atoms with Crippen LogP contribution in [0.5, 0.6) is 0 Å². The largest absolute Gasteiger partial charge is 0.352 e. The van der Waals surface area contributed by atoms with Crippen LogP contribution in [-0.2, 0) is 27.1 Å². The standard InChI is InChI=1S/C23H24Cl2N4O3S/c24-20-6-5-19(22(25)12-20)15-33(31,32)29-10-1-2-18(14-29)23(30)27-13-17-3-7-21(8-4-17)28-11-9-26-16-28/h3-9,11-12,16,18H,1-2,10,13-15H2,(H,27,30). The fourth-order valence-corrected chi connectivity index (χ4v) is 6.06. The Hall–Kier alpha value is -2.39. The lowest BCUT2D eigenvalue weighted by molar-refractivity contribution is -0.126. The monoisotopic (exact) mass is 506 g/mol. The van der Waals surface area contributed by atoms with Crippen LogP contribution in [0.15, 0.2) is 61.2 Å². The zero-order chi connectivity index (χ0) is 23.4. The van der Waals surface area contributed by atoms with Gasteiger partial charge in [0.15, 0.2) is 0 Å². The summed E-state index contributed by atoms with van der Waals surface area (Å²) in [6.45, 7) is 0.943. The molecule has 1 N–H and O–H groups in total. The van der Waals surface area contributed by atoms with Crippen LogP contribution in [0.2, 0.25) is 10.0 Å². The minimum atomic E-state index is -3.61. The molecule has 1 aliphatic heterocycles. The highest BCUT2D eigenvalue weighted by molar-refractivity contribution is 7.88. The molecule has 2 aromatic carbocycles. The summed E-state index contributed by atoms with van der Waals surface area (Å²) < 4.78 is 29.2. The molecule has 2 heterocycles. The van der Waals surface area contributed by atoms with Gasteiger partial charge >= 0.3 is 0 Å². The van der Waals surface area contributed by atoms with Crippen molar-refractivity contribution < 1.29 is 13.2 Å². The van der Waals surface area contributed by atoms with E-state index in [1.54, 1.807) is 24.7 Å². The van der Waals surface area contributed by atoms with Crippen molar-refractivity contribution in [1.29, 1.82) is 0 Å². The van der Waals surface area contributed by atoms with Gasteiger partial charge in [-0.2, -0.15) is 0 Å². The van der Waals surface area contributed by atoms with E-state index >= 15 is 0 Å². The molecule has 0 spiro atoms. The second-order valence-electron chi connectivity index (χ2n) is 8.04. The molecule has 1 aromatic heterocycles. The Balaban J connectivity index is 1.34. The van der Waals surface area contributed by atoms with Gasteiger partial charge in [-0.1, -0.05) is 41.4 Å². The summed E-state index contributed by atoms with van der Waals surface area (Å²) in [6.07, 6.45) is 6.58. The molecular formula is C23H24Cl2N4O3S. The van der Waals surface area contributed by atoms with Crippen LogP contribution in [0.3, 0.4) is 0 Å². The maximum absolute atomic E-state index is 13.0. The number of hydrogen-bond donors (Lipinski definition) is 1. The zero-order valence-corrected chi connectivity index (χ0v) is 20.2. The second-order valence-corrected chi connectivity index (χ2v) is 10.9. The van der Waals surface area contributed by atoms with E-state index in [1.807, 2.05) is 35.0 Å². The van der Waals surface area contributed by atoms with Gasteiger partial charge in [0.25, 0.3) is 0 Å². The predicted molar refractivity (Wildman–Crippen MR) is 129 cm³/mol. The van der Waals surface area contributed by atoms with Crippen LogP contribution in [-0.4, -0.2) is 41.3 Å². The number of hydrogen-bond acceptors (Lipinski definition) is 4. The number of carbonyl (C=O) groups excluding carboxylic acids is 1. The fraction of sp³-hybridized carbons (Fsp3) is 0.304. The van der Waals surface area contributed by atoms with Gasteiger partial charge < -0.3 is 9.88 Å². The molecule has 174 valence electrons. The van der Waals surface area contributed by atoms with Crippen molar-refractivity contribution in [1.82, 2.24) is 19.2 Å². The van der Waals surface area contributed by atoms with E-state index in [2.05, 4.69) is 10.3 Å². The summed E-state index contributed by atoms with van der Waals surface area (Å²) in [5.74, 6) is -0.752. The van der Waals surface area contributed by atoms with Crippen molar-refractivity contribution in [2.75, 3.05) is 13.1 Å². The van der Waals surface area contributed by atoms with Crippen LogP contribution in [0.25, 0.3) is 5.69 Å². The van der Waals surface area contributed by atoms with Gasteiger partial charge in [0.05, 0.1) is 18.0 Å². The summed E-state index contributed by atoms with van der Waals surface area (Å²) >= 11 is 12.1. The first-order chi connectivity index (χ1) is 15.8. The van der Waals surface area contributed by atoms with Gasteiger partial charge in [-0.25, -0.2) is 17.7 Å². The maximum Gasteiger partial charge on any atom is 0.224 e. The van der Waals surface area contributed by atoms with Gasteiger partial charge in [-0.05, 0) is 48.2 Å². The number of piperidine rings is 1. The Kier molecular flexibility index (Phi) is 7.38. The van der Waals surface area contributed by atoms with Crippen molar-refractivity contribution in [3.8, 4) is 5.69 Å². The topological polar surface area (TPSA) is 84.3 Å². The molecule has 1 fully saturated rings. The summed E-state index contributed by atoms with van der Waals surface area (Å²) in [6, 6.07) is 12.6. The van der Waals surface area contributed by atoms with Crippen LogP contribution >= 0.6 is 23.2 Å². The van der Waals surface area contributed by atoms with E-state index in [0.29, 0.717) is 41.5 Å². The quantitative estimate of drug-likeness (QED) is 0.523. The van der Waals surface area contributed by atoms with E-state index in [0.717, 1.165) is 11.3 Å². The molecule has 0 radical (unpaired) electrons. The lowest BCUT2D eigenvalue weighted by atomic mass is 9.99. The summed E-state index contributed by atoms with van der Waals surface area (Å²) in [7, 11) is -3.61. The Morgan fingerprint density at radius 1 is 1.15 bits per heavy atom. The number of nitrogens with zero attached hydrogens (tertiary/aromatic N) is 3. The number of rotatable bonds is 7. The SMILES string of the molecule is O=C(NCc1ccc(-n2ccnc2)cc1)C1CCCN(S(=O)(=O)Cc2ccc(Cl)cc2Cl)C1. The predicted octanol–water partition coefficient (Wildman–Crippen LogP) is 4.04. The molecule has 1 aliphatic rings. The number of amides is 1. The van der Waals surface area contributed by atoms with Crippen molar-refractivity contribution in [2.24, 2.45) is 5.92 Å². The molecule has 1 atom stereocenters. The molecule has 0 saturated carbocycles. The second kappa shape index (κ2) is 10.3. The van der Waals surface area contributed by atoms with Crippen LogP contribution in [0.4, 0.5) is 0 Å². The zero-order valence-electron chi connectivity index (χ0n) is 17.8. The minimum Gasteiger partial charge on any atom is -0.352 e. The Labute approximate surface area is 203 Å². The molecule has 10 heteroatoms. The first-order valence-electron chi connectivity index (χ1n) is 10.6. The van der Waals surface area contributed by atoms with Crippen molar-refractivity contribution >= 4 is 39.1 Å². The Morgan fingerprint density at radius 3 is 2.64 bits per heavy atom. The molecular weight excluding hydrogens is 483 g/mol. The molecule has 1 unspecified atom stereocenters. The molecule has 4 rings (SSSR count). The third-order valence-electron chi connectivity index (χ3n) is 5.71. The van der Waals surface area contributed by atoms with E-state index in [4.69, 9.17) is 23.2 Å². The molecule has 33 heavy (non-hydrogen) atoms. The third kappa shape index (κ3) is 5.95. The minimum absolute atomic E-state index is 0.141. The van der Waals surface area contributed by atoms with Crippen molar-refractivity contribution in [3.05, 3.63) is 82.4 Å². The number of benzene rings is 2. The van der Waals surface area contributed by atoms with Crippen LogP contribution in [0.1, 0.15) is 24.0 Å². The van der Waals surface area contributed by atoms with E-state index < -0.39 is 10.0 Å². The molecule has 1 amide bonds. The smallest absolute Gasteiger partial charge is 0.224 e. The Bertz CT molecular complexity index is 1220. The fourth-order valence-electron chi connectivity index (χ4n) is 3.87. The molecule has 3 aromatic rings. The maximum atomic E-state index is 13.0. The van der Waals surface area contributed by atoms with E-state index in [9.17, 15) is 13.2 Å². The van der Waals surface area contributed by atoms with Gasteiger partial charge in [0.2, 0.25) is 15.9 Å². The third-order valence-corrected chi connectivity index (χ3v) is 8.09. The number of nitrogens with one attached hydrogen (secondary N) is 1. The van der Waals surface area contributed by atoms with Gasteiger partial charge in [0.1, 0.15) is 0 Å². The van der Waals surface area contributed by atoms with E-state index in [-0.39, 0.29) is 24.1 Å². The number of carbonyl (C=O) groups is 1. The average Bonchev–Trinajstić information content (AvgIpc) is 3.35. The van der Waals surface area contributed by atoms with Crippen LogP contribution in [0, 0.1) is 5.92 Å². The van der Waals surface area contributed by atoms with E-state index in [1.165, 1.54) is 10.4 Å². The van der Waals surface area contributed by atoms with Gasteiger partial charge in [0, 0.05) is 47.8 Å². The molecule has 1 saturated heterocycles.